The molecule has 2 rings (SSSR count). The van der Waals surface area contributed by atoms with Crippen LogP contribution in [0.5, 0.6) is 0 Å². The van der Waals surface area contributed by atoms with E-state index >= 15 is 0 Å². The number of aromatic nitrogens is 6. The summed E-state index contributed by atoms with van der Waals surface area (Å²) in [7, 11) is 1.82. The Balaban J connectivity index is 2.18. The third-order valence-corrected chi connectivity index (χ3v) is 2.01. The van der Waals surface area contributed by atoms with Crippen LogP contribution in [0.3, 0.4) is 0 Å². The maximum Gasteiger partial charge on any atom is 0.170 e. The van der Waals surface area contributed by atoms with Crippen LogP contribution in [0.4, 0.5) is 0 Å². The van der Waals surface area contributed by atoms with Crippen LogP contribution < -0.4 is 0 Å². The second kappa shape index (κ2) is 3.75. The van der Waals surface area contributed by atoms with Gasteiger partial charge in [0.05, 0.1) is 12.4 Å². The van der Waals surface area contributed by atoms with Crippen molar-refractivity contribution < 1.29 is 0 Å². The quantitative estimate of drug-likeness (QED) is 0.682. The van der Waals surface area contributed by atoms with E-state index in [0.29, 0.717) is 12.4 Å². The van der Waals surface area contributed by atoms with Gasteiger partial charge in [0.2, 0.25) is 0 Å². The van der Waals surface area contributed by atoms with Gasteiger partial charge in [0.25, 0.3) is 0 Å². The van der Waals surface area contributed by atoms with Gasteiger partial charge >= 0.3 is 0 Å². The average Bonchev–Trinajstić information content (AvgIpc) is 2.76. The van der Waals surface area contributed by atoms with Crippen molar-refractivity contribution in [2.75, 3.05) is 0 Å². The van der Waals surface area contributed by atoms with E-state index in [2.05, 4.69) is 20.3 Å². The summed E-state index contributed by atoms with van der Waals surface area (Å²) in [6.07, 6.45) is 3.27. The molecule has 74 valence electrons. The zero-order valence-electron chi connectivity index (χ0n) is 7.63. The molecule has 6 nitrogen and oxygen atoms in total. The first kappa shape index (κ1) is 9.14. The lowest BCUT2D eigenvalue weighted by atomic mass is 10.5. The Labute approximate surface area is 85.5 Å². The first-order valence-corrected chi connectivity index (χ1v) is 4.60. The van der Waals surface area contributed by atoms with E-state index in [1.54, 1.807) is 17.3 Å². The Kier molecular flexibility index (Phi) is 2.45. The minimum atomic E-state index is 0.340. The monoisotopic (exact) mass is 212 g/mol. The molecule has 2 aromatic rings. The van der Waals surface area contributed by atoms with E-state index in [1.807, 2.05) is 11.6 Å². The number of halogens is 1. The standard InChI is InChI=1S/C7H9ClN6/c1-13-4-9-6(12-13)3-14-5-10-11-7(14)2-8/h4-5H,2-3H2,1H3. The first-order valence-electron chi connectivity index (χ1n) is 4.07. The molecule has 2 heterocycles. The van der Waals surface area contributed by atoms with E-state index in [4.69, 9.17) is 11.6 Å². The Morgan fingerprint density at radius 3 is 2.93 bits per heavy atom. The number of aryl methyl sites for hydroxylation is 1. The van der Waals surface area contributed by atoms with Gasteiger partial charge in [-0.15, -0.1) is 21.8 Å². The van der Waals surface area contributed by atoms with E-state index in [0.717, 1.165) is 11.6 Å². The van der Waals surface area contributed by atoms with Gasteiger partial charge in [-0.05, 0) is 0 Å². The number of hydrogen-bond acceptors (Lipinski definition) is 4. The molecule has 0 aliphatic heterocycles. The van der Waals surface area contributed by atoms with Gasteiger partial charge in [-0.2, -0.15) is 5.10 Å². The summed E-state index contributed by atoms with van der Waals surface area (Å²) in [6, 6.07) is 0. The van der Waals surface area contributed by atoms with Gasteiger partial charge in [0.1, 0.15) is 18.5 Å². The molecule has 0 N–H and O–H groups in total. The number of rotatable bonds is 3. The van der Waals surface area contributed by atoms with Crippen LogP contribution in [-0.4, -0.2) is 29.5 Å². The molecule has 0 aliphatic carbocycles. The Bertz CT molecular complexity index is 419. The van der Waals surface area contributed by atoms with Gasteiger partial charge in [0.15, 0.2) is 5.82 Å². The van der Waals surface area contributed by atoms with Gasteiger partial charge in [-0.1, -0.05) is 0 Å². The van der Waals surface area contributed by atoms with Gasteiger partial charge < -0.3 is 4.57 Å². The summed E-state index contributed by atoms with van der Waals surface area (Å²) < 4.78 is 3.47. The molecular formula is C7H9ClN6. The maximum atomic E-state index is 5.68. The fourth-order valence-corrected chi connectivity index (χ4v) is 1.33. The maximum absolute atomic E-state index is 5.68. The van der Waals surface area contributed by atoms with Gasteiger partial charge in [-0.25, -0.2) is 4.98 Å². The molecule has 0 atom stereocenters. The van der Waals surface area contributed by atoms with Crippen molar-refractivity contribution in [2.24, 2.45) is 7.05 Å². The summed E-state index contributed by atoms with van der Waals surface area (Å²) in [5.41, 5.74) is 0. The van der Waals surface area contributed by atoms with Crippen molar-refractivity contribution in [1.29, 1.82) is 0 Å². The molecule has 7 heteroatoms. The lowest BCUT2D eigenvalue weighted by Gasteiger charge is -1.99. The molecule has 0 saturated heterocycles. The molecule has 0 aliphatic rings. The zero-order chi connectivity index (χ0) is 9.97. The molecular weight excluding hydrogens is 204 g/mol. The molecule has 0 unspecified atom stereocenters. The average molecular weight is 213 g/mol. The molecule has 2 aromatic heterocycles. The highest BCUT2D eigenvalue weighted by atomic mass is 35.5. The van der Waals surface area contributed by atoms with Crippen molar-refractivity contribution in [3.05, 3.63) is 24.3 Å². The van der Waals surface area contributed by atoms with Gasteiger partial charge in [-0.3, -0.25) is 4.68 Å². The van der Waals surface area contributed by atoms with E-state index in [-0.39, 0.29) is 0 Å². The number of hydrogen-bond donors (Lipinski definition) is 0. The lowest BCUT2D eigenvalue weighted by molar-refractivity contribution is 0.685. The number of nitrogens with zero attached hydrogens (tertiary/aromatic N) is 6. The summed E-state index contributed by atoms with van der Waals surface area (Å²) >= 11 is 5.68. The second-order valence-corrected chi connectivity index (χ2v) is 3.11. The third kappa shape index (κ3) is 1.74. The minimum absolute atomic E-state index is 0.340. The van der Waals surface area contributed by atoms with Crippen LogP contribution in [0.25, 0.3) is 0 Å². The molecule has 0 saturated carbocycles. The third-order valence-electron chi connectivity index (χ3n) is 1.77. The first-order chi connectivity index (χ1) is 6.79. The fraction of sp³-hybridized carbons (Fsp3) is 0.429. The highest BCUT2D eigenvalue weighted by Crippen LogP contribution is 2.01. The Morgan fingerprint density at radius 1 is 1.43 bits per heavy atom. The molecule has 14 heavy (non-hydrogen) atoms. The van der Waals surface area contributed by atoms with E-state index in [1.165, 1.54) is 0 Å². The Morgan fingerprint density at radius 2 is 2.29 bits per heavy atom. The number of alkyl halides is 1. The van der Waals surface area contributed by atoms with Gasteiger partial charge in [0, 0.05) is 7.05 Å². The van der Waals surface area contributed by atoms with Crippen molar-refractivity contribution >= 4 is 11.6 Å². The summed E-state index contributed by atoms with van der Waals surface area (Å²) in [4.78, 5) is 4.10. The van der Waals surface area contributed by atoms with Crippen molar-refractivity contribution in [3.8, 4) is 0 Å². The largest absolute Gasteiger partial charge is 0.309 e. The molecule has 0 aromatic carbocycles. The van der Waals surface area contributed by atoms with Crippen LogP contribution >= 0.6 is 11.6 Å². The summed E-state index contributed by atoms with van der Waals surface area (Å²) in [5.74, 6) is 1.78. The van der Waals surface area contributed by atoms with Crippen LogP contribution in [0.15, 0.2) is 12.7 Å². The SMILES string of the molecule is Cn1cnc(Cn2cnnc2CCl)n1. The molecule has 0 spiro atoms. The summed E-state index contributed by atoms with van der Waals surface area (Å²) in [6.45, 7) is 0.551. The molecule has 0 fully saturated rings. The van der Waals surface area contributed by atoms with Crippen LogP contribution in [-0.2, 0) is 19.5 Å². The fourth-order valence-electron chi connectivity index (χ4n) is 1.12. The molecule has 0 amide bonds. The van der Waals surface area contributed by atoms with Crippen LogP contribution in [0.1, 0.15) is 11.6 Å². The van der Waals surface area contributed by atoms with Crippen LogP contribution in [0.2, 0.25) is 0 Å². The van der Waals surface area contributed by atoms with Crippen LogP contribution in [0, 0.1) is 0 Å². The lowest BCUT2D eigenvalue weighted by Crippen LogP contribution is -2.04. The molecule has 0 radical (unpaired) electrons. The highest BCUT2D eigenvalue weighted by Gasteiger charge is 2.05. The normalized spacial score (nSPS) is 10.7. The minimum Gasteiger partial charge on any atom is -0.309 e. The van der Waals surface area contributed by atoms with Crippen molar-refractivity contribution in [2.45, 2.75) is 12.4 Å². The van der Waals surface area contributed by atoms with Crippen molar-refractivity contribution in [1.82, 2.24) is 29.5 Å². The van der Waals surface area contributed by atoms with Crippen molar-refractivity contribution in [3.63, 3.8) is 0 Å². The zero-order valence-corrected chi connectivity index (χ0v) is 8.39. The smallest absolute Gasteiger partial charge is 0.170 e. The van der Waals surface area contributed by atoms with E-state index in [9.17, 15) is 0 Å². The predicted molar refractivity (Wildman–Crippen MR) is 49.7 cm³/mol. The second-order valence-electron chi connectivity index (χ2n) is 2.84. The molecule has 0 bridgehead atoms. The topological polar surface area (TPSA) is 61.4 Å². The Hall–Kier alpha value is -1.43. The highest BCUT2D eigenvalue weighted by molar-refractivity contribution is 6.16. The predicted octanol–water partition coefficient (Wildman–Crippen LogP) is 0.194. The van der Waals surface area contributed by atoms with E-state index < -0.39 is 0 Å². The summed E-state index contributed by atoms with van der Waals surface area (Å²) in [5, 5.41) is 11.8.